The topological polar surface area (TPSA) is 64.3 Å². The van der Waals surface area contributed by atoms with Gasteiger partial charge in [-0.05, 0) is 30.7 Å². The van der Waals surface area contributed by atoms with Crippen molar-refractivity contribution in [3.05, 3.63) is 46.7 Å². The minimum absolute atomic E-state index is 0.289. The molecular weight excluding hydrogens is 288 g/mol. The van der Waals surface area contributed by atoms with Crippen LogP contribution in [-0.2, 0) is 11.3 Å². The summed E-state index contributed by atoms with van der Waals surface area (Å²) in [5.74, 6) is -0.942. The number of fused-ring (bicyclic) bond motifs is 1. The Morgan fingerprint density at radius 1 is 1.43 bits per heavy atom. The monoisotopic (exact) mass is 302 g/mol. The molecule has 0 aliphatic carbocycles. The van der Waals surface area contributed by atoms with Crippen LogP contribution in [0.1, 0.15) is 20.9 Å². The van der Waals surface area contributed by atoms with E-state index in [1.807, 2.05) is 42.1 Å². The summed E-state index contributed by atoms with van der Waals surface area (Å²) in [6, 6.07) is 5.68. The molecule has 0 bridgehead atoms. The maximum Gasteiger partial charge on any atom is 0.348 e. The number of rotatable bonds is 4. The Morgan fingerprint density at radius 2 is 2.14 bits per heavy atom. The van der Waals surface area contributed by atoms with E-state index in [0.717, 1.165) is 21.5 Å². The summed E-state index contributed by atoms with van der Waals surface area (Å²) >= 11 is 1.20. The molecule has 0 unspecified atom stereocenters. The Labute approximate surface area is 125 Å². The van der Waals surface area contributed by atoms with Gasteiger partial charge in [-0.2, -0.15) is 0 Å². The number of aryl methyl sites for hydroxylation is 1. The first-order valence-corrected chi connectivity index (χ1v) is 7.22. The van der Waals surface area contributed by atoms with Gasteiger partial charge in [0.25, 0.3) is 0 Å². The van der Waals surface area contributed by atoms with Crippen LogP contribution in [0, 0.1) is 6.92 Å². The summed E-state index contributed by atoms with van der Waals surface area (Å²) in [5.41, 5.74) is 2.46. The number of thiophene rings is 1. The average molecular weight is 302 g/mol. The van der Waals surface area contributed by atoms with Crippen LogP contribution in [0.4, 0.5) is 0 Å². The highest BCUT2D eigenvalue weighted by atomic mass is 32.1. The average Bonchev–Trinajstić information content (AvgIpc) is 3.04. The highest BCUT2D eigenvalue weighted by molar-refractivity contribution is 7.21. The third-order valence-corrected chi connectivity index (χ3v) is 4.26. The number of pyridine rings is 1. The molecule has 0 aromatic carbocycles. The molecule has 0 amide bonds. The van der Waals surface area contributed by atoms with Crippen LogP contribution < -0.4 is 0 Å². The summed E-state index contributed by atoms with van der Waals surface area (Å²) in [6.45, 7) is 2.32. The molecule has 0 saturated heterocycles. The molecule has 21 heavy (non-hydrogen) atoms. The maximum atomic E-state index is 11.6. The van der Waals surface area contributed by atoms with Gasteiger partial charge in [0, 0.05) is 30.6 Å². The third-order valence-electron chi connectivity index (χ3n) is 3.20. The van der Waals surface area contributed by atoms with Crippen molar-refractivity contribution in [2.24, 2.45) is 0 Å². The Kier molecular flexibility index (Phi) is 3.48. The molecule has 3 heterocycles. The number of nitrogens with zero attached hydrogens (tertiary/aromatic N) is 2. The highest BCUT2D eigenvalue weighted by Gasteiger charge is 2.22. The van der Waals surface area contributed by atoms with Crippen LogP contribution >= 0.6 is 11.3 Å². The van der Waals surface area contributed by atoms with Crippen molar-refractivity contribution in [2.75, 3.05) is 7.11 Å². The smallest absolute Gasteiger partial charge is 0.348 e. The minimum atomic E-state index is -0.942. The molecule has 3 aromatic heterocycles. The van der Waals surface area contributed by atoms with E-state index < -0.39 is 5.97 Å². The fourth-order valence-electron chi connectivity index (χ4n) is 2.44. The molecule has 6 heteroatoms. The number of ether oxygens (including phenoxy) is 1. The SMILES string of the molecule is COCc1cc(C)nc2sc(C(=O)O)c(-n3cccc3)c12. The molecule has 3 aromatic rings. The molecule has 0 aliphatic rings. The number of aromatic nitrogens is 2. The van der Waals surface area contributed by atoms with Crippen LogP contribution in [-0.4, -0.2) is 27.7 Å². The predicted molar refractivity (Wildman–Crippen MR) is 81.4 cm³/mol. The highest BCUT2D eigenvalue weighted by Crippen LogP contribution is 2.36. The van der Waals surface area contributed by atoms with Gasteiger partial charge in [0.15, 0.2) is 0 Å². The van der Waals surface area contributed by atoms with Crippen molar-refractivity contribution in [3.8, 4) is 5.69 Å². The number of methoxy groups -OCH3 is 1. The number of carboxylic acid groups (broad SMARTS) is 1. The van der Waals surface area contributed by atoms with E-state index in [2.05, 4.69) is 4.98 Å². The standard InChI is InChI=1S/C15H14N2O3S/c1-9-7-10(8-20-2)11-12(17-5-3-4-6-17)13(15(18)19)21-14(11)16-9/h3-7H,8H2,1-2H3,(H,18,19). The number of hydrogen-bond donors (Lipinski definition) is 1. The van der Waals surface area contributed by atoms with Crippen LogP contribution in [0.15, 0.2) is 30.6 Å². The molecule has 0 aliphatic heterocycles. The second-order valence-electron chi connectivity index (χ2n) is 4.71. The van der Waals surface area contributed by atoms with E-state index in [0.29, 0.717) is 12.3 Å². The van der Waals surface area contributed by atoms with E-state index in [1.54, 1.807) is 7.11 Å². The molecule has 0 radical (unpaired) electrons. The fourth-order valence-corrected chi connectivity index (χ4v) is 3.54. The van der Waals surface area contributed by atoms with E-state index in [4.69, 9.17) is 4.74 Å². The van der Waals surface area contributed by atoms with Crippen LogP contribution in [0.2, 0.25) is 0 Å². The summed E-state index contributed by atoms with van der Waals surface area (Å²) in [7, 11) is 1.63. The molecule has 0 saturated carbocycles. The Bertz CT molecular complexity index is 806. The second-order valence-corrected chi connectivity index (χ2v) is 5.71. The zero-order chi connectivity index (χ0) is 15.0. The van der Waals surface area contributed by atoms with Gasteiger partial charge >= 0.3 is 5.97 Å². The maximum absolute atomic E-state index is 11.6. The molecule has 0 spiro atoms. The lowest BCUT2D eigenvalue weighted by Crippen LogP contribution is -2.01. The zero-order valence-electron chi connectivity index (χ0n) is 11.7. The lowest BCUT2D eigenvalue weighted by Gasteiger charge is -2.08. The Hall–Kier alpha value is -2.18. The summed E-state index contributed by atoms with van der Waals surface area (Å²) in [6.07, 6.45) is 3.68. The lowest BCUT2D eigenvalue weighted by molar-refractivity contribution is 0.0702. The Balaban J connectivity index is 2.41. The molecule has 0 atom stereocenters. The normalized spacial score (nSPS) is 11.1. The van der Waals surface area contributed by atoms with Gasteiger partial charge in [-0.1, -0.05) is 0 Å². The molecule has 3 rings (SSSR count). The number of hydrogen-bond acceptors (Lipinski definition) is 4. The minimum Gasteiger partial charge on any atom is -0.477 e. The molecule has 1 N–H and O–H groups in total. The van der Waals surface area contributed by atoms with Gasteiger partial charge in [0.2, 0.25) is 0 Å². The Morgan fingerprint density at radius 3 is 2.76 bits per heavy atom. The number of aromatic carboxylic acids is 1. The van der Waals surface area contributed by atoms with Crippen molar-refractivity contribution in [2.45, 2.75) is 13.5 Å². The number of carboxylic acids is 1. The molecule has 108 valence electrons. The largest absolute Gasteiger partial charge is 0.477 e. The van der Waals surface area contributed by atoms with E-state index in [-0.39, 0.29) is 4.88 Å². The van der Waals surface area contributed by atoms with Gasteiger partial charge in [-0.3, -0.25) is 0 Å². The predicted octanol–water partition coefficient (Wildman–Crippen LogP) is 3.24. The summed E-state index contributed by atoms with van der Waals surface area (Å²) in [5, 5.41) is 10.3. The summed E-state index contributed by atoms with van der Waals surface area (Å²) in [4.78, 5) is 17.1. The van der Waals surface area contributed by atoms with Crippen molar-refractivity contribution in [1.82, 2.24) is 9.55 Å². The van der Waals surface area contributed by atoms with Gasteiger partial charge in [0.1, 0.15) is 9.71 Å². The van der Waals surface area contributed by atoms with Crippen molar-refractivity contribution < 1.29 is 14.6 Å². The van der Waals surface area contributed by atoms with Gasteiger partial charge in [-0.25, -0.2) is 9.78 Å². The molecular formula is C15H14N2O3S. The van der Waals surface area contributed by atoms with E-state index in [9.17, 15) is 9.90 Å². The van der Waals surface area contributed by atoms with Gasteiger partial charge in [0.05, 0.1) is 12.3 Å². The van der Waals surface area contributed by atoms with Crippen LogP contribution in [0.25, 0.3) is 15.9 Å². The van der Waals surface area contributed by atoms with Crippen molar-refractivity contribution in [3.63, 3.8) is 0 Å². The van der Waals surface area contributed by atoms with Crippen LogP contribution in [0.5, 0.6) is 0 Å². The quantitative estimate of drug-likeness (QED) is 0.803. The second kappa shape index (κ2) is 5.31. The lowest BCUT2D eigenvalue weighted by atomic mass is 10.1. The molecule has 0 fully saturated rings. The van der Waals surface area contributed by atoms with Gasteiger partial charge in [-0.15, -0.1) is 11.3 Å². The molecule has 5 nitrogen and oxygen atoms in total. The van der Waals surface area contributed by atoms with Crippen LogP contribution in [0.3, 0.4) is 0 Å². The third kappa shape index (κ3) is 2.32. The summed E-state index contributed by atoms with van der Waals surface area (Å²) < 4.78 is 7.07. The zero-order valence-corrected chi connectivity index (χ0v) is 12.5. The van der Waals surface area contributed by atoms with E-state index in [1.165, 1.54) is 11.3 Å². The van der Waals surface area contributed by atoms with E-state index >= 15 is 0 Å². The number of carbonyl (C=O) groups is 1. The van der Waals surface area contributed by atoms with Gasteiger partial charge < -0.3 is 14.4 Å². The van der Waals surface area contributed by atoms with Crippen molar-refractivity contribution >= 4 is 27.5 Å². The fraction of sp³-hybridized carbons (Fsp3) is 0.200. The first-order chi connectivity index (χ1) is 10.1. The van der Waals surface area contributed by atoms with Crippen molar-refractivity contribution in [1.29, 1.82) is 0 Å². The first-order valence-electron chi connectivity index (χ1n) is 6.40. The first kappa shape index (κ1) is 13.8.